The highest BCUT2D eigenvalue weighted by Crippen LogP contribution is 2.39. The summed E-state index contributed by atoms with van der Waals surface area (Å²) in [5, 5.41) is 3.05. The molecule has 1 aliphatic carbocycles. The van der Waals surface area contributed by atoms with Gasteiger partial charge in [0.1, 0.15) is 0 Å². The second-order valence-electron chi connectivity index (χ2n) is 6.05. The van der Waals surface area contributed by atoms with Crippen molar-refractivity contribution >= 4 is 11.9 Å². The molecule has 0 bridgehead atoms. The normalized spacial score (nSPS) is 18.7. The van der Waals surface area contributed by atoms with Crippen molar-refractivity contribution in [3.63, 3.8) is 0 Å². The molecule has 2 aromatic rings. The maximum Gasteiger partial charge on any atom is 0.225 e. The number of carbonyl (C=O) groups excluding carboxylic acids is 1. The zero-order valence-corrected chi connectivity index (χ0v) is 13.3. The van der Waals surface area contributed by atoms with Crippen LogP contribution in [0.3, 0.4) is 0 Å². The number of likely N-dealkylation sites (N-methyl/N-ethyl adjacent to an activating group) is 2. The van der Waals surface area contributed by atoms with Crippen LogP contribution in [0.2, 0.25) is 0 Å². The minimum Gasteiger partial charge on any atom is -0.385 e. The molecule has 2 heterocycles. The van der Waals surface area contributed by atoms with Crippen LogP contribution in [-0.2, 0) is 6.54 Å². The molecule has 1 aromatic heterocycles. The molecule has 0 saturated heterocycles. The van der Waals surface area contributed by atoms with Crippen molar-refractivity contribution in [3.05, 3.63) is 76.9 Å². The molecule has 2 aliphatic rings. The van der Waals surface area contributed by atoms with Gasteiger partial charge in [0.15, 0.2) is 0 Å². The monoisotopic (exact) mass is 305 g/mol. The molecule has 116 valence electrons. The van der Waals surface area contributed by atoms with Gasteiger partial charge in [-0.3, -0.25) is 4.79 Å². The lowest BCUT2D eigenvalue weighted by Crippen LogP contribution is -2.31. The second kappa shape index (κ2) is 5.16. The van der Waals surface area contributed by atoms with Crippen LogP contribution < -0.4 is 5.32 Å². The summed E-state index contributed by atoms with van der Waals surface area (Å²) in [7, 11) is 3.85. The Morgan fingerprint density at radius 1 is 1.22 bits per heavy atom. The zero-order valence-electron chi connectivity index (χ0n) is 13.3. The minimum absolute atomic E-state index is 0.0737. The predicted molar refractivity (Wildman–Crippen MR) is 91.0 cm³/mol. The third kappa shape index (κ3) is 2.10. The minimum atomic E-state index is 0.0737. The lowest BCUT2D eigenvalue weighted by molar-refractivity contribution is 0.101. The van der Waals surface area contributed by atoms with Gasteiger partial charge in [-0.1, -0.05) is 30.3 Å². The number of hydrogen-bond acceptors (Lipinski definition) is 3. The van der Waals surface area contributed by atoms with E-state index in [-0.39, 0.29) is 11.8 Å². The summed E-state index contributed by atoms with van der Waals surface area (Å²) in [5.74, 6) is 0.0737. The molecule has 0 fully saturated rings. The number of carbonyl (C=O) groups is 1. The number of rotatable bonds is 3. The summed E-state index contributed by atoms with van der Waals surface area (Å²) in [6, 6.07) is 10.4. The fraction of sp³-hybridized carbons (Fsp3) is 0.211. The van der Waals surface area contributed by atoms with Gasteiger partial charge >= 0.3 is 0 Å². The molecule has 0 radical (unpaired) electrons. The average molecular weight is 305 g/mol. The molecule has 4 nitrogen and oxygen atoms in total. The first kappa shape index (κ1) is 13.9. The van der Waals surface area contributed by atoms with Gasteiger partial charge in [0.25, 0.3) is 0 Å². The van der Waals surface area contributed by atoms with E-state index in [0.29, 0.717) is 12.2 Å². The van der Waals surface area contributed by atoms with E-state index in [0.717, 1.165) is 16.8 Å². The van der Waals surface area contributed by atoms with E-state index in [1.807, 2.05) is 31.3 Å². The number of aromatic nitrogens is 1. The van der Waals surface area contributed by atoms with Gasteiger partial charge in [-0.2, -0.15) is 0 Å². The molecular weight excluding hydrogens is 286 g/mol. The fourth-order valence-corrected chi connectivity index (χ4v) is 3.45. The molecule has 0 saturated carbocycles. The van der Waals surface area contributed by atoms with Crippen LogP contribution in [-0.4, -0.2) is 29.3 Å². The first-order valence-corrected chi connectivity index (χ1v) is 7.80. The number of nitrogens with zero attached hydrogens (tertiary/aromatic N) is 2. The summed E-state index contributed by atoms with van der Waals surface area (Å²) in [5.41, 5.74) is 4.92. The Labute approximate surface area is 135 Å². The third-order valence-corrected chi connectivity index (χ3v) is 4.62. The number of hydrogen-bond donors (Lipinski definition) is 1. The maximum atomic E-state index is 12.9. The number of nitrogens with one attached hydrogen (secondary N) is 1. The number of benzene rings is 1. The first-order chi connectivity index (χ1) is 11.2. The van der Waals surface area contributed by atoms with Gasteiger partial charge in [0.05, 0.1) is 17.4 Å². The summed E-state index contributed by atoms with van der Waals surface area (Å²) in [6.45, 7) is 0.705. The van der Waals surface area contributed by atoms with Crippen molar-refractivity contribution in [2.45, 2.75) is 12.6 Å². The van der Waals surface area contributed by atoms with Gasteiger partial charge in [0.2, 0.25) is 5.78 Å². The van der Waals surface area contributed by atoms with Crippen molar-refractivity contribution in [2.24, 2.45) is 0 Å². The van der Waals surface area contributed by atoms with Gasteiger partial charge in [-0.15, -0.1) is 0 Å². The number of allylic oxidation sites excluding steroid dienone is 1. The highest BCUT2D eigenvalue weighted by atomic mass is 16.1. The van der Waals surface area contributed by atoms with Crippen LogP contribution in [0, 0.1) is 0 Å². The molecule has 1 unspecified atom stereocenters. The first-order valence-electron chi connectivity index (χ1n) is 7.80. The zero-order chi connectivity index (χ0) is 16.0. The van der Waals surface area contributed by atoms with Gasteiger partial charge in [-0.05, 0) is 23.3 Å². The molecular formula is C19H19N3O. The molecule has 1 aliphatic heterocycles. The van der Waals surface area contributed by atoms with Gasteiger partial charge in [0, 0.05) is 38.6 Å². The quantitative estimate of drug-likeness (QED) is 0.947. The van der Waals surface area contributed by atoms with Crippen molar-refractivity contribution in [1.29, 1.82) is 0 Å². The van der Waals surface area contributed by atoms with E-state index in [4.69, 9.17) is 0 Å². The smallest absolute Gasteiger partial charge is 0.225 e. The van der Waals surface area contributed by atoms with Crippen LogP contribution in [0.4, 0.5) is 0 Å². The molecule has 4 rings (SSSR count). The Hall–Kier alpha value is -2.75. The predicted octanol–water partition coefficient (Wildman–Crippen LogP) is 2.79. The molecule has 0 spiro atoms. The summed E-state index contributed by atoms with van der Waals surface area (Å²) in [6.07, 6.45) is 8.27. The Kier molecular flexibility index (Phi) is 3.11. The lowest BCUT2D eigenvalue weighted by atomic mass is 9.90. The maximum absolute atomic E-state index is 12.9. The Balaban J connectivity index is 1.85. The SMILES string of the molecule is CNC1=CC2c3c(cn(Cc4ccccc4)c3C1=O)C=CN2C. The third-order valence-electron chi connectivity index (χ3n) is 4.62. The summed E-state index contributed by atoms with van der Waals surface area (Å²) in [4.78, 5) is 15.0. The van der Waals surface area contributed by atoms with Crippen LogP contribution in [0.25, 0.3) is 6.08 Å². The van der Waals surface area contributed by atoms with E-state index >= 15 is 0 Å². The van der Waals surface area contributed by atoms with E-state index in [2.05, 4.69) is 45.4 Å². The Morgan fingerprint density at radius 2 is 2.00 bits per heavy atom. The van der Waals surface area contributed by atoms with Crippen LogP contribution in [0.5, 0.6) is 0 Å². The standard InChI is InChI=1S/C19H19N3O/c1-20-15-10-16-17-14(8-9-21(16)2)12-22(18(17)19(15)23)11-13-6-4-3-5-7-13/h3-10,12,16,20H,11H2,1-2H3. The van der Waals surface area contributed by atoms with Crippen LogP contribution >= 0.6 is 0 Å². The fourth-order valence-electron chi connectivity index (χ4n) is 3.45. The van der Waals surface area contributed by atoms with Crippen LogP contribution in [0.15, 0.2) is 54.5 Å². The highest BCUT2D eigenvalue weighted by Gasteiger charge is 2.35. The summed E-state index contributed by atoms with van der Waals surface area (Å²) >= 11 is 0. The van der Waals surface area contributed by atoms with E-state index in [9.17, 15) is 4.79 Å². The lowest BCUT2D eigenvalue weighted by Gasteiger charge is -2.32. The van der Waals surface area contributed by atoms with E-state index in [1.54, 1.807) is 7.05 Å². The molecule has 1 aromatic carbocycles. The topological polar surface area (TPSA) is 37.3 Å². The molecule has 1 N–H and O–H groups in total. The van der Waals surface area contributed by atoms with Crippen molar-refractivity contribution < 1.29 is 4.79 Å². The largest absolute Gasteiger partial charge is 0.385 e. The molecule has 0 amide bonds. The van der Waals surface area contributed by atoms with E-state index in [1.165, 1.54) is 5.56 Å². The molecule has 4 heteroatoms. The molecule has 1 atom stereocenters. The van der Waals surface area contributed by atoms with Crippen LogP contribution in [0.1, 0.15) is 33.2 Å². The highest BCUT2D eigenvalue weighted by molar-refractivity contribution is 6.10. The Morgan fingerprint density at radius 3 is 2.74 bits per heavy atom. The number of ketones is 1. The van der Waals surface area contributed by atoms with Gasteiger partial charge < -0.3 is 14.8 Å². The number of Topliss-reactive ketones (excluding diaryl/α,β-unsaturated/α-hetero) is 1. The van der Waals surface area contributed by atoms with Crippen molar-refractivity contribution in [1.82, 2.24) is 14.8 Å². The van der Waals surface area contributed by atoms with E-state index < -0.39 is 0 Å². The Bertz CT molecular complexity index is 830. The second-order valence-corrected chi connectivity index (χ2v) is 6.05. The van der Waals surface area contributed by atoms with Crippen molar-refractivity contribution in [3.8, 4) is 0 Å². The van der Waals surface area contributed by atoms with Gasteiger partial charge in [-0.25, -0.2) is 0 Å². The summed E-state index contributed by atoms with van der Waals surface area (Å²) < 4.78 is 2.09. The molecule has 23 heavy (non-hydrogen) atoms. The van der Waals surface area contributed by atoms with Crippen molar-refractivity contribution in [2.75, 3.05) is 14.1 Å². The average Bonchev–Trinajstić information content (AvgIpc) is 2.93.